The lowest BCUT2D eigenvalue weighted by Crippen LogP contribution is -2.38. The molecule has 94 valence electrons. The molecule has 1 rings (SSSR count). The van der Waals surface area contributed by atoms with Crippen molar-refractivity contribution in [3.63, 3.8) is 0 Å². The molecule has 4 heteroatoms. The highest BCUT2D eigenvalue weighted by Gasteiger charge is 2.12. The Labute approximate surface area is 103 Å². The van der Waals surface area contributed by atoms with Crippen LogP contribution in [0.5, 0.6) is 5.75 Å². The third-order valence-corrected chi connectivity index (χ3v) is 2.68. The minimum atomic E-state index is 0.0234. The normalized spacial score (nSPS) is 9.88. The fourth-order valence-corrected chi connectivity index (χ4v) is 1.54. The van der Waals surface area contributed by atoms with Crippen molar-refractivity contribution in [1.82, 2.24) is 9.80 Å². The lowest BCUT2D eigenvalue weighted by atomic mass is 10.2. The van der Waals surface area contributed by atoms with E-state index in [1.54, 1.807) is 31.0 Å². The predicted molar refractivity (Wildman–Crippen MR) is 68.2 cm³/mol. The van der Waals surface area contributed by atoms with Gasteiger partial charge in [0, 0.05) is 27.2 Å². The van der Waals surface area contributed by atoms with E-state index < -0.39 is 0 Å². The first-order chi connectivity index (χ1) is 8.08. The fourth-order valence-electron chi connectivity index (χ4n) is 1.54. The maximum atomic E-state index is 11.9. The predicted octanol–water partition coefficient (Wildman–Crippen LogP) is 2.20. The van der Waals surface area contributed by atoms with Gasteiger partial charge in [0.25, 0.3) is 0 Å². The monoisotopic (exact) mass is 236 g/mol. The number of amides is 2. The number of carbonyl (C=O) groups is 1. The number of carbonyl (C=O) groups excluding carboxylic acids is 1. The molecule has 0 aliphatic carbocycles. The first-order valence-electron chi connectivity index (χ1n) is 5.67. The van der Waals surface area contributed by atoms with E-state index in [2.05, 4.69) is 0 Å². The molecular formula is C13H20N2O2. The topological polar surface area (TPSA) is 32.8 Å². The van der Waals surface area contributed by atoms with Crippen LogP contribution in [0.15, 0.2) is 24.3 Å². The molecule has 1 aromatic carbocycles. The standard InChI is InChI=1S/C13H20N2O2/c1-5-14(2)13(16)15(3)10-11-7-6-8-12(9-11)17-4/h6-9H,5,10H2,1-4H3. The number of rotatable bonds is 4. The first-order valence-corrected chi connectivity index (χ1v) is 5.67. The van der Waals surface area contributed by atoms with Crippen LogP contribution in [-0.4, -0.2) is 43.6 Å². The Balaban J connectivity index is 2.67. The highest BCUT2D eigenvalue weighted by molar-refractivity contribution is 5.73. The van der Waals surface area contributed by atoms with Crippen molar-refractivity contribution < 1.29 is 9.53 Å². The van der Waals surface area contributed by atoms with E-state index in [1.165, 1.54) is 0 Å². The fraction of sp³-hybridized carbons (Fsp3) is 0.462. The average molecular weight is 236 g/mol. The van der Waals surface area contributed by atoms with Crippen molar-refractivity contribution in [3.05, 3.63) is 29.8 Å². The van der Waals surface area contributed by atoms with E-state index in [1.807, 2.05) is 31.2 Å². The van der Waals surface area contributed by atoms with E-state index in [0.717, 1.165) is 11.3 Å². The van der Waals surface area contributed by atoms with Crippen molar-refractivity contribution in [1.29, 1.82) is 0 Å². The molecule has 17 heavy (non-hydrogen) atoms. The number of methoxy groups -OCH3 is 1. The van der Waals surface area contributed by atoms with Gasteiger partial charge in [-0.15, -0.1) is 0 Å². The molecule has 4 nitrogen and oxygen atoms in total. The quantitative estimate of drug-likeness (QED) is 0.803. The van der Waals surface area contributed by atoms with Crippen molar-refractivity contribution in [2.24, 2.45) is 0 Å². The lowest BCUT2D eigenvalue weighted by Gasteiger charge is -2.24. The number of benzene rings is 1. The molecule has 0 bridgehead atoms. The van der Waals surface area contributed by atoms with Gasteiger partial charge in [0.05, 0.1) is 7.11 Å². The summed E-state index contributed by atoms with van der Waals surface area (Å²) in [7, 11) is 5.23. The summed E-state index contributed by atoms with van der Waals surface area (Å²) in [6, 6.07) is 7.77. The van der Waals surface area contributed by atoms with Gasteiger partial charge in [0.15, 0.2) is 0 Å². The Morgan fingerprint density at radius 1 is 1.29 bits per heavy atom. The molecule has 0 N–H and O–H groups in total. The molecule has 0 unspecified atom stereocenters. The van der Waals surface area contributed by atoms with Gasteiger partial charge in [0.1, 0.15) is 5.75 Å². The SMILES string of the molecule is CCN(C)C(=O)N(C)Cc1cccc(OC)c1. The zero-order chi connectivity index (χ0) is 12.8. The molecule has 0 saturated carbocycles. The largest absolute Gasteiger partial charge is 0.497 e. The van der Waals surface area contributed by atoms with Gasteiger partial charge in [-0.25, -0.2) is 4.79 Å². The highest BCUT2D eigenvalue weighted by Crippen LogP contribution is 2.14. The van der Waals surface area contributed by atoms with Gasteiger partial charge < -0.3 is 14.5 Å². The molecule has 0 fully saturated rings. The third-order valence-electron chi connectivity index (χ3n) is 2.68. The Morgan fingerprint density at radius 3 is 2.59 bits per heavy atom. The van der Waals surface area contributed by atoms with Gasteiger partial charge in [-0.2, -0.15) is 0 Å². The summed E-state index contributed by atoms with van der Waals surface area (Å²) < 4.78 is 5.15. The summed E-state index contributed by atoms with van der Waals surface area (Å²) in [6.45, 7) is 3.25. The second kappa shape index (κ2) is 6.13. The van der Waals surface area contributed by atoms with Gasteiger partial charge in [-0.1, -0.05) is 12.1 Å². The average Bonchev–Trinajstić information content (AvgIpc) is 2.37. The molecule has 0 saturated heterocycles. The second-order valence-corrected chi connectivity index (χ2v) is 4.00. The number of urea groups is 1. The first kappa shape index (κ1) is 13.4. The van der Waals surface area contributed by atoms with Crippen LogP contribution in [0.1, 0.15) is 12.5 Å². The van der Waals surface area contributed by atoms with Gasteiger partial charge in [-0.3, -0.25) is 0 Å². The van der Waals surface area contributed by atoms with Crippen LogP contribution in [-0.2, 0) is 6.54 Å². The molecule has 0 aliphatic rings. The summed E-state index contributed by atoms with van der Waals surface area (Å²) in [5, 5.41) is 0. The molecule has 0 atom stereocenters. The molecule has 0 aromatic heterocycles. The Kier molecular flexibility index (Phi) is 4.82. The van der Waals surface area contributed by atoms with Crippen molar-refractivity contribution in [3.8, 4) is 5.75 Å². The molecular weight excluding hydrogens is 216 g/mol. The zero-order valence-electron chi connectivity index (χ0n) is 10.9. The zero-order valence-corrected chi connectivity index (χ0v) is 10.9. The third kappa shape index (κ3) is 3.66. The number of ether oxygens (including phenoxy) is 1. The lowest BCUT2D eigenvalue weighted by molar-refractivity contribution is 0.173. The van der Waals surface area contributed by atoms with Crippen LogP contribution < -0.4 is 4.74 Å². The minimum Gasteiger partial charge on any atom is -0.497 e. The van der Waals surface area contributed by atoms with Crippen LogP contribution in [0.4, 0.5) is 4.79 Å². The number of hydrogen-bond donors (Lipinski definition) is 0. The van der Waals surface area contributed by atoms with E-state index in [9.17, 15) is 4.79 Å². The molecule has 0 spiro atoms. The van der Waals surface area contributed by atoms with Crippen molar-refractivity contribution >= 4 is 6.03 Å². The van der Waals surface area contributed by atoms with Crippen LogP contribution >= 0.6 is 0 Å². The van der Waals surface area contributed by atoms with Crippen LogP contribution in [0, 0.1) is 0 Å². The maximum absolute atomic E-state index is 11.9. The summed E-state index contributed by atoms with van der Waals surface area (Å²) in [6.07, 6.45) is 0. The highest BCUT2D eigenvalue weighted by atomic mass is 16.5. The minimum absolute atomic E-state index is 0.0234. The summed E-state index contributed by atoms with van der Waals surface area (Å²) >= 11 is 0. The Bertz CT molecular complexity index is 379. The summed E-state index contributed by atoms with van der Waals surface area (Å²) in [4.78, 5) is 15.2. The molecule has 1 aromatic rings. The Morgan fingerprint density at radius 2 is 2.00 bits per heavy atom. The maximum Gasteiger partial charge on any atom is 0.319 e. The van der Waals surface area contributed by atoms with Crippen LogP contribution in [0.25, 0.3) is 0 Å². The molecule has 0 radical (unpaired) electrons. The van der Waals surface area contributed by atoms with E-state index in [0.29, 0.717) is 13.1 Å². The summed E-state index contributed by atoms with van der Waals surface area (Å²) in [5.41, 5.74) is 1.06. The van der Waals surface area contributed by atoms with E-state index in [-0.39, 0.29) is 6.03 Å². The van der Waals surface area contributed by atoms with Crippen molar-refractivity contribution in [2.75, 3.05) is 27.7 Å². The van der Waals surface area contributed by atoms with Gasteiger partial charge in [-0.05, 0) is 24.6 Å². The van der Waals surface area contributed by atoms with E-state index in [4.69, 9.17) is 4.74 Å². The van der Waals surface area contributed by atoms with E-state index >= 15 is 0 Å². The summed E-state index contributed by atoms with van der Waals surface area (Å²) in [5.74, 6) is 0.812. The smallest absolute Gasteiger partial charge is 0.319 e. The van der Waals surface area contributed by atoms with Crippen LogP contribution in [0.2, 0.25) is 0 Å². The second-order valence-electron chi connectivity index (χ2n) is 4.00. The number of hydrogen-bond acceptors (Lipinski definition) is 2. The van der Waals surface area contributed by atoms with Gasteiger partial charge >= 0.3 is 6.03 Å². The van der Waals surface area contributed by atoms with Gasteiger partial charge in [0.2, 0.25) is 0 Å². The molecule has 2 amide bonds. The number of nitrogens with zero attached hydrogens (tertiary/aromatic N) is 2. The Hall–Kier alpha value is -1.71. The van der Waals surface area contributed by atoms with Crippen LogP contribution in [0.3, 0.4) is 0 Å². The molecule has 0 aliphatic heterocycles. The molecule has 0 heterocycles. The van der Waals surface area contributed by atoms with Crippen molar-refractivity contribution in [2.45, 2.75) is 13.5 Å².